The maximum atomic E-state index is 12.0. The normalized spacial score (nSPS) is 16.3. The van der Waals surface area contributed by atoms with E-state index in [0.717, 1.165) is 24.0 Å². The molecule has 2 amide bonds. The number of hydrogen-bond acceptors (Lipinski definition) is 4. The average molecular weight is 334 g/mol. The molecule has 2 rings (SSSR count). The molecule has 6 heteroatoms. The van der Waals surface area contributed by atoms with Crippen LogP contribution in [0.2, 0.25) is 0 Å². The van der Waals surface area contributed by atoms with Gasteiger partial charge in [-0.2, -0.15) is 0 Å². The summed E-state index contributed by atoms with van der Waals surface area (Å²) in [6.45, 7) is 7.95. The molecular weight excluding hydrogens is 308 g/mol. The Balaban J connectivity index is 2.08. The van der Waals surface area contributed by atoms with Crippen LogP contribution < -0.4 is 10.1 Å². The standard InChI is InChI=1S/C18H26N2O4/c1-6-20(5)17(22)23-13-9-7-12-8-10-15(14(12)11-13)19-16(21)24-18(2,3)4/h7,9,11,15H,6,8,10H2,1-5H3,(H,19,21)/t15-/m1/s1. The quantitative estimate of drug-likeness (QED) is 0.916. The fourth-order valence-electron chi connectivity index (χ4n) is 2.55. The lowest BCUT2D eigenvalue weighted by Crippen LogP contribution is -2.34. The zero-order chi connectivity index (χ0) is 17.9. The van der Waals surface area contributed by atoms with Gasteiger partial charge in [0.2, 0.25) is 0 Å². The maximum Gasteiger partial charge on any atom is 0.414 e. The monoisotopic (exact) mass is 334 g/mol. The average Bonchev–Trinajstić information content (AvgIpc) is 2.86. The van der Waals surface area contributed by atoms with E-state index >= 15 is 0 Å². The van der Waals surface area contributed by atoms with Gasteiger partial charge >= 0.3 is 12.2 Å². The number of alkyl carbamates (subject to hydrolysis) is 1. The predicted octanol–water partition coefficient (Wildman–Crippen LogP) is 3.65. The minimum absolute atomic E-state index is 0.127. The van der Waals surface area contributed by atoms with Gasteiger partial charge in [0.25, 0.3) is 0 Å². The first kappa shape index (κ1) is 18.1. The topological polar surface area (TPSA) is 67.9 Å². The van der Waals surface area contributed by atoms with Crippen LogP contribution in [0.15, 0.2) is 18.2 Å². The molecule has 1 aromatic rings. The summed E-state index contributed by atoms with van der Waals surface area (Å²) in [7, 11) is 1.68. The molecule has 0 saturated heterocycles. The zero-order valence-corrected chi connectivity index (χ0v) is 15.0. The van der Waals surface area contributed by atoms with Gasteiger partial charge in [-0.05, 0) is 63.8 Å². The largest absolute Gasteiger partial charge is 0.444 e. The molecule has 132 valence electrons. The molecule has 0 aromatic heterocycles. The first-order valence-electron chi connectivity index (χ1n) is 8.25. The molecular formula is C18H26N2O4. The van der Waals surface area contributed by atoms with Crippen molar-refractivity contribution in [1.82, 2.24) is 10.2 Å². The van der Waals surface area contributed by atoms with E-state index in [1.807, 2.05) is 39.8 Å². The zero-order valence-electron chi connectivity index (χ0n) is 15.0. The molecule has 0 saturated carbocycles. The first-order valence-corrected chi connectivity index (χ1v) is 8.25. The third-order valence-corrected chi connectivity index (χ3v) is 3.88. The number of nitrogens with one attached hydrogen (secondary N) is 1. The molecule has 24 heavy (non-hydrogen) atoms. The molecule has 0 heterocycles. The summed E-state index contributed by atoms with van der Waals surface area (Å²) < 4.78 is 10.7. The number of nitrogens with zero attached hydrogens (tertiary/aromatic N) is 1. The SMILES string of the molecule is CCN(C)C(=O)Oc1ccc2c(c1)[C@H](NC(=O)OC(C)(C)C)CC2. The molecule has 0 unspecified atom stereocenters. The molecule has 0 bridgehead atoms. The highest BCUT2D eigenvalue weighted by molar-refractivity contribution is 5.71. The van der Waals surface area contributed by atoms with E-state index in [1.54, 1.807) is 13.1 Å². The molecule has 6 nitrogen and oxygen atoms in total. The number of benzene rings is 1. The van der Waals surface area contributed by atoms with Crippen LogP contribution in [0, 0.1) is 0 Å². The number of aryl methyl sites for hydroxylation is 1. The van der Waals surface area contributed by atoms with Crippen LogP contribution in [-0.2, 0) is 11.2 Å². The van der Waals surface area contributed by atoms with Crippen LogP contribution >= 0.6 is 0 Å². The van der Waals surface area contributed by atoms with Gasteiger partial charge in [-0.25, -0.2) is 9.59 Å². The third kappa shape index (κ3) is 4.63. The van der Waals surface area contributed by atoms with E-state index in [1.165, 1.54) is 4.90 Å². The summed E-state index contributed by atoms with van der Waals surface area (Å²) in [5.41, 5.74) is 1.60. The van der Waals surface area contributed by atoms with Crippen molar-refractivity contribution in [3.05, 3.63) is 29.3 Å². The molecule has 0 aliphatic heterocycles. The fourth-order valence-corrected chi connectivity index (χ4v) is 2.55. The van der Waals surface area contributed by atoms with Crippen molar-refractivity contribution < 1.29 is 19.1 Å². The van der Waals surface area contributed by atoms with Crippen molar-refractivity contribution in [2.45, 2.75) is 52.2 Å². The van der Waals surface area contributed by atoms with Crippen molar-refractivity contribution in [1.29, 1.82) is 0 Å². The molecule has 1 N–H and O–H groups in total. The van der Waals surface area contributed by atoms with Crippen LogP contribution in [0.4, 0.5) is 9.59 Å². The summed E-state index contributed by atoms with van der Waals surface area (Å²) in [6, 6.07) is 5.43. The van der Waals surface area contributed by atoms with E-state index in [2.05, 4.69) is 5.32 Å². The summed E-state index contributed by atoms with van der Waals surface area (Å²) in [5.74, 6) is 0.483. The second kappa shape index (κ2) is 7.11. The Kier molecular flexibility index (Phi) is 5.36. The predicted molar refractivity (Wildman–Crippen MR) is 91.2 cm³/mol. The summed E-state index contributed by atoms with van der Waals surface area (Å²) in [6.07, 6.45) is 0.847. The number of carbonyl (C=O) groups is 2. The van der Waals surface area contributed by atoms with Gasteiger partial charge in [-0.15, -0.1) is 0 Å². The lowest BCUT2D eigenvalue weighted by Gasteiger charge is -2.22. The Morgan fingerprint density at radius 2 is 2.04 bits per heavy atom. The Labute approximate surface area is 143 Å². The number of fused-ring (bicyclic) bond motifs is 1. The fraction of sp³-hybridized carbons (Fsp3) is 0.556. The van der Waals surface area contributed by atoms with Crippen LogP contribution in [0.3, 0.4) is 0 Å². The molecule has 0 fully saturated rings. The van der Waals surface area contributed by atoms with Crippen molar-refractivity contribution >= 4 is 12.2 Å². The van der Waals surface area contributed by atoms with E-state index in [4.69, 9.17) is 9.47 Å². The van der Waals surface area contributed by atoms with E-state index in [0.29, 0.717) is 12.3 Å². The molecule has 1 aliphatic carbocycles. The van der Waals surface area contributed by atoms with Gasteiger partial charge < -0.3 is 19.7 Å². The summed E-state index contributed by atoms with van der Waals surface area (Å²) >= 11 is 0. The highest BCUT2D eigenvalue weighted by atomic mass is 16.6. The van der Waals surface area contributed by atoms with E-state index in [9.17, 15) is 9.59 Å². The number of amides is 2. The summed E-state index contributed by atoms with van der Waals surface area (Å²) in [4.78, 5) is 25.4. The minimum atomic E-state index is -0.534. The van der Waals surface area contributed by atoms with Gasteiger partial charge in [0.05, 0.1) is 6.04 Å². The summed E-state index contributed by atoms with van der Waals surface area (Å²) in [5, 5.41) is 2.89. The minimum Gasteiger partial charge on any atom is -0.444 e. The lowest BCUT2D eigenvalue weighted by molar-refractivity contribution is 0.0503. The Morgan fingerprint density at radius 1 is 1.33 bits per heavy atom. The van der Waals surface area contributed by atoms with Crippen molar-refractivity contribution in [2.24, 2.45) is 0 Å². The smallest absolute Gasteiger partial charge is 0.414 e. The molecule has 0 spiro atoms. The number of rotatable bonds is 3. The number of ether oxygens (including phenoxy) is 2. The van der Waals surface area contributed by atoms with Gasteiger partial charge in [-0.3, -0.25) is 0 Å². The van der Waals surface area contributed by atoms with Crippen LogP contribution in [0.5, 0.6) is 5.75 Å². The van der Waals surface area contributed by atoms with Crippen molar-refractivity contribution in [3.8, 4) is 5.75 Å². The number of hydrogen-bond donors (Lipinski definition) is 1. The molecule has 1 atom stereocenters. The molecule has 1 aromatic carbocycles. The van der Waals surface area contributed by atoms with Gasteiger partial charge in [-0.1, -0.05) is 6.07 Å². The Morgan fingerprint density at radius 3 is 2.67 bits per heavy atom. The molecule has 1 aliphatic rings. The Hall–Kier alpha value is -2.24. The van der Waals surface area contributed by atoms with Crippen LogP contribution in [0.25, 0.3) is 0 Å². The lowest BCUT2D eigenvalue weighted by atomic mass is 10.1. The van der Waals surface area contributed by atoms with Crippen molar-refractivity contribution in [2.75, 3.05) is 13.6 Å². The van der Waals surface area contributed by atoms with Crippen LogP contribution in [-0.4, -0.2) is 36.3 Å². The second-order valence-electron chi connectivity index (χ2n) is 6.98. The van der Waals surface area contributed by atoms with E-state index in [-0.39, 0.29) is 6.04 Å². The third-order valence-electron chi connectivity index (χ3n) is 3.88. The highest BCUT2D eigenvalue weighted by Crippen LogP contribution is 2.34. The van der Waals surface area contributed by atoms with Crippen LogP contribution in [0.1, 0.15) is 51.3 Å². The maximum absolute atomic E-state index is 12.0. The highest BCUT2D eigenvalue weighted by Gasteiger charge is 2.27. The van der Waals surface area contributed by atoms with Gasteiger partial charge in [0.15, 0.2) is 0 Å². The van der Waals surface area contributed by atoms with E-state index < -0.39 is 17.8 Å². The van der Waals surface area contributed by atoms with Gasteiger partial charge in [0, 0.05) is 13.6 Å². The first-order chi connectivity index (χ1) is 11.2. The number of carbonyl (C=O) groups excluding carboxylic acids is 2. The van der Waals surface area contributed by atoms with Gasteiger partial charge in [0.1, 0.15) is 11.4 Å². The van der Waals surface area contributed by atoms with Crippen molar-refractivity contribution in [3.63, 3.8) is 0 Å². The molecule has 0 radical (unpaired) electrons. The second-order valence-corrected chi connectivity index (χ2v) is 6.98. The Bertz CT molecular complexity index is 622.